The number of hydrogen-bond donors (Lipinski definition) is 1. The van der Waals surface area contributed by atoms with Gasteiger partial charge in [0.2, 0.25) is 11.7 Å². The van der Waals surface area contributed by atoms with E-state index in [0.717, 1.165) is 37.4 Å². The first-order valence-electron chi connectivity index (χ1n) is 5.88. The van der Waals surface area contributed by atoms with E-state index < -0.39 is 0 Å². The number of pyridine rings is 1. The number of nitrogens with one attached hydrogen (secondary N) is 1. The van der Waals surface area contributed by atoms with Crippen molar-refractivity contribution in [3.63, 3.8) is 0 Å². The molecule has 1 saturated heterocycles. The van der Waals surface area contributed by atoms with Crippen LogP contribution in [0.15, 0.2) is 29.0 Å². The molecule has 2 aromatic rings. The van der Waals surface area contributed by atoms with Crippen LogP contribution in [0.1, 0.15) is 24.7 Å². The number of aromatic nitrogens is 3. The molecule has 1 unspecified atom stereocenters. The summed E-state index contributed by atoms with van der Waals surface area (Å²) in [6.07, 6.45) is 5.75. The molecular weight excluding hydrogens is 287 g/mol. The van der Waals surface area contributed by atoms with E-state index in [2.05, 4.69) is 20.4 Å². The summed E-state index contributed by atoms with van der Waals surface area (Å²) >= 11 is 0. The maximum atomic E-state index is 5.33. The molecule has 5 nitrogen and oxygen atoms in total. The van der Waals surface area contributed by atoms with Crippen molar-refractivity contribution in [2.24, 2.45) is 0 Å². The van der Waals surface area contributed by atoms with Gasteiger partial charge in [0.15, 0.2) is 0 Å². The zero-order valence-corrected chi connectivity index (χ0v) is 11.9. The summed E-state index contributed by atoms with van der Waals surface area (Å²) in [7, 11) is 0. The van der Waals surface area contributed by atoms with Crippen LogP contribution < -0.4 is 5.32 Å². The molecule has 3 rings (SSSR count). The van der Waals surface area contributed by atoms with Gasteiger partial charge in [-0.3, -0.25) is 4.98 Å². The van der Waals surface area contributed by atoms with Gasteiger partial charge in [0, 0.05) is 24.5 Å². The largest absolute Gasteiger partial charge is 0.339 e. The van der Waals surface area contributed by atoms with E-state index >= 15 is 0 Å². The average Bonchev–Trinajstić information content (AvgIpc) is 2.90. The van der Waals surface area contributed by atoms with Crippen molar-refractivity contribution in [3.05, 3.63) is 30.4 Å². The molecule has 0 radical (unpaired) electrons. The van der Waals surface area contributed by atoms with E-state index in [1.54, 1.807) is 12.4 Å². The smallest absolute Gasteiger partial charge is 0.231 e. The first-order chi connectivity index (χ1) is 8.43. The van der Waals surface area contributed by atoms with Gasteiger partial charge in [0.05, 0.1) is 5.92 Å². The van der Waals surface area contributed by atoms with Gasteiger partial charge < -0.3 is 9.84 Å². The Hall–Kier alpha value is -1.17. The Morgan fingerprint density at radius 1 is 1.32 bits per heavy atom. The number of piperidine rings is 1. The molecular formula is C12H16Cl2N4O. The summed E-state index contributed by atoms with van der Waals surface area (Å²) in [5.74, 6) is 1.70. The summed E-state index contributed by atoms with van der Waals surface area (Å²) in [6, 6.07) is 3.80. The average molecular weight is 303 g/mol. The molecule has 0 saturated carbocycles. The molecule has 19 heavy (non-hydrogen) atoms. The Morgan fingerprint density at radius 2 is 2.21 bits per heavy atom. The molecule has 3 heterocycles. The van der Waals surface area contributed by atoms with Gasteiger partial charge in [0.1, 0.15) is 0 Å². The fourth-order valence-electron chi connectivity index (χ4n) is 2.08. The van der Waals surface area contributed by atoms with Crippen LogP contribution in [0.2, 0.25) is 0 Å². The maximum Gasteiger partial charge on any atom is 0.231 e. The minimum atomic E-state index is 0. The van der Waals surface area contributed by atoms with Gasteiger partial charge in [-0.25, -0.2) is 0 Å². The molecule has 0 aliphatic carbocycles. The van der Waals surface area contributed by atoms with Crippen molar-refractivity contribution in [2.45, 2.75) is 18.8 Å². The third-order valence-electron chi connectivity index (χ3n) is 3.01. The van der Waals surface area contributed by atoms with Gasteiger partial charge in [0.25, 0.3) is 0 Å². The van der Waals surface area contributed by atoms with Crippen molar-refractivity contribution in [3.8, 4) is 11.4 Å². The van der Waals surface area contributed by atoms with E-state index in [0.29, 0.717) is 11.7 Å². The van der Waals surface area contributed by atoms with Gasteiger partial charge in [-0.1, -0.05) is 5.16 Å². The van der Waals surface area contributed by atoms with Crippen molar-refractivity contribution in [1.82, 2.24) is 20.4 Å². The van der Waals surface area contributed by atoms with Crippen molar-refractivity contribution >= 4 is 24.8 Å². The van der Waals surface area contributed by atoms with Crippen LogP contribution in [0.3, 0.4) is 0 Å². The molecule has 1 fully saturated rings. The maximum absolute atomic E-state index is 5.33. The summed E-state index contributed by atoms with van der Waals surface area (Å²) in [5.41, 5.74) is 0.895. The first-order valence-corrected chi connectivity index (χ1v) is 5.88. The number of hydrogen-bond acceptors (Lipinski definition) is 5. The third kappa shape index (κ3) is 3.65. The molecule has 0 spiro atoms. The normalized spacial score (nSPS) is 18.2. The highest BCUT2D eigenvalue weighted by Gasteiger charge is 2.21. The number of halogens is 2. The summed E-state index contributed by atoms with van der Waals surface area (Å²) in [6.45, 7) is 2.01. The summed E-state index contributed by atoms with van der Waals surface area (Å²) < 4.78 is 5.33. The molecule has 1 atom stereocenters. The molecule has 7 heteroatoms. The van der Waals surface area contributed by atoms with Crippen LogP contribution in [-0.2, 0) is 0 Å². The van der Waals surface area contributed by atoms with E-state index in [1.807, 2.05) is 12.1 Å². The van der Waals surface area contributed by atoms with Gasteiger partial charge in [-0.2, -0.15) is 4.98 Å². The molecule has 1 aliphatic rings. The van der Waals surface area contributed by atoms with E-state index in [9.17, 15) is 0 Å². The molecule has 104 valence electrons. The van der Waals surface area contributed by atoms with Crippen LogP contribution in [0.4, 0.5) is 0 Å². The number of nitrogens with zero attached hydrogens (tertiary/aromatic N) is 3. The van der Waals surface area contributed by atoms with Gasteiger partial charge in [-0.05, 0) is 31.5 Å². The van der Waals surface area contributed by atoms with Crippen LogP contribution in [-0.4, -0.2) is 28.2 Å². The topological polar surface area (TPSA) is 63.8 Å². The predicted octanol–water partition coefficient (Wildman–Crippen LogP) is 2.44. The highest BCUT2D eigenvalue weighted by molar-refractivity contribution is 5.85. The van der Waals surface area contributed by atoms with Crippen LogP contribution >= 0.6 is 24.8 Å². The van der Waals surface area contributed by atoms with Gasteiger partial charge >= 0.3 is 0 Å². The predicted molar refractivity (Wildman–Crippen MR) is 76.9 cm³/mol. The third-order valence-corrected chi connectivity index (χ3v) is 3.01. The molecule has 0 bridgehead atoms. The van der Waals surface area contributed by atoms with E-state index in [1.165, 1.54) is 0 Å². The minimum Gasteiger partial charge on any atom is -0.339 e. The lowest BCUT2D eigenvalue weighted by Gasteiger charge is -2.18. The Balaban J connectivity index is 0.000000902. The second-order valence-corrected chi connectivity index (χ2v) is 4.24. The Bertz CT molecular complexity index is 485. The van der Waals surface area contributed by atoms with Crippen LogP contribution in [0, 0.1) is 0 Å². The Labute approximate surface area is 124 Å². The van der Waals surface area contributed by atoms with Crippen LogP contribution in [0.25, 0.3) is 11.4 Å². The first kappa shape index (κ1) is 15.9. The second kappa shape index (κ2) is 7.43. The van der Waals surface area contributed by atoms with Crippen molar-refractivity contribution in [2.75, 3.05) is 13.1 Å². The van der Waals surface area contributed by atoms with Gasteiger partial charge in [-0.15, -0.1) is 24.8 Å². The number of rotatable bonds is 2. The van der Waals surface area contributed by atoms with Crippen molar-refractivity contribution < 1.29 is 4.52 Å². The molecule has 0 amide bonds. The zero-order valence-electron chi connectivity index (χ0n) is 10.3. The fraction of sp³-hybridized carbons (Fsp3) is 0.417. The van der Waals surface area contributed by atoms with E-state index in [4.69, 9.17) is 4.52 Å². The SMILES string of the molecule is Cl.Cl.c1cncc(-c2noc(C3CCCNC3)n2)c1. The standard InChI is InChI=1S/C12H14N4O.2ClH/c1-3-9(7-13-5-1)11-15-12(17-16-11)10-4-2-6-14-8-10;;/h1,3,5,7,10,14H,2,4,6,8H2;2*1H. The lowest BCUT2D eigenvalue weighted by molar-refractivity contribution is 0.322. The fourth-order valence-corrected chi connectivity index (χ4v) is 2.08. The molecule has 0 aromatic carbocycles. The zero-order chi connectivity index (χ0) is 11.5. The van der Waals surface area contributed by atoms with Crippen molar-refractivity contribution in [1.29, 1.82) is 0 Å². The quantitative estimate of drug-likeness (QED) is 0.923. The lowest BCUT2D eigenvalue weighted by atomic mass is 10.00. The molecule has 2 aromatic heterocycles. The minimum absolute atomic E-state index is 0. The Morgan fingerprint density at radius 3 is 2.89 bits per heavy atom. The highest BCUT2D eigenvalue weighted by Crippen LogP contribution is 2.23. The summed E-state index contributed by atoms with van der Waals surface area (Å²) in [5, 5.41) is 7.35. The Kier molecular flexibility index (Phi) is 6.21. The second-order valence-electron chi connectivity index (χ2n) is 4.24. The molecule has 1 N–H and O–H groups in total. The van der Waals surface area contributed by atoms with E-state index in [-0.39, 0.29) is 24.8 Å². The monoisotopic (exact) mass is 302 g/mol. The van der Waals surface area contributed by atoms with Crippen LogP contribution in [0.5, 0.6) is 0 Å². The summed E-state index contributed by atoms with van der Waals surface area (Å²) in [4.78, 5) is 8.50. The lowest BCUT2D eigenvalue weighted by Crippen LogP contribution is -2.28. The molecule has 1 aliphatic heterocycles. The highest BCUT2D eigenvalue weighted by atomic mass is 35.5.